The number of benzene rings is 1. The second-order valence-electron chi connectivity index (χ2n) is 10.3. The van der Waals surface area contributed by atoms with Crippen LogP contribution in [0, 0.1) is 29.6 Å². The van der Waals surface area contributed by atoms with Crippen LogP contribution in [0.3, 0.4) is 0 Å². The van der Waals surface area contributed by atoms with Crippen LogP contribution < -0.4 is 5.73 Å². The van der Waals surface area contributed by atoms with Crippen molar-refractivity contribution in [1.29, 1.82) is 0 Å². The van der Waals surface area contributed by atoms with Crippen LogP contribution in [0.5, 0.6) is 5.75 Å². The van der Waals surface area contributed by atoms with E-state index < -0.39 is 58.7 Å². The molecule has 2 fully saturated rings. The molecule has 0 saturated heterocycles. The smallest absolute Gasteiger partial charge is 0.230 e. The zero-order valence-corrected chi connectivity index (χ0v) is 20.6. The Morgan fingerprint density at radius 2 is 1.86 bits per heavy atom. The number of nitrogens with two attached hydrogens (primary N) is 1. The summed E-state index contributed by atoms with van der Waals surface area (Å²) in [5.74, 6) is -1.51. The van der Waals surface area contributed by atoms with Crippen LogP contribution in [0.25, 0.3) is 5.76 Å². The topological polar surface area (TPSA) is 165 Å². The van der Waals surface area contributed by atoms with Crippen LogP contribution in [-0.2, 0) is 20.8 Å². The molecule has 0 aliphatic heterocycles. The number of Topliss-reactive ketones (excluding diaryl/α,β-unsaturated/α-hetero) is 2. The van der Waals surface area contributed by atoms with Crippen LogP contribution in [0.2, 0.25) is 0 Å². The van der Waals surface area contributed by atoms with Crippen molar-refractivity contribution in [3.63, 3.8) is 0 Å². The Hall–Kier alpha value is -3.23. The van der Waals surface area contributed by atoms with Crippen LogP contribution in [0.4, 0.5) is 0 Å². The van der Waals surface area contributed by atoms with Crippen LogP contribution in [0.1, 0.15) is 23.1 Å². The molecule has 2 saturated carbocycles. The summed E-state index contributed by atoms with van der Waals surface area (Å²) < 4.78 is 0. The Labute approximate surface area is 209 Å². The number of primary amides is 1. The number of hydrogen-bond donors (Lipinski definition) is 5. The van der Waals surface area contributed by atoms with Gasteiger partial charge in [-0.15, -0.1) is 0 Å². The van der Waals surface area contributed by atoms with E-state index in [0.717, 1.165) is 0 Å². The molecule has 0 heterocycles. The lowest BCUT2D eigenvalue weighted by molar-refractivity contribution is -0.184. The zero-order valence-electron chi connectivity index (χ0n) is 20.6. The van der Waals surface area contributed by atoms with E-state index in [4.69, 9.17) is 5.73 Å². The Morgan fingerprint density at radius 3 is 2.44 bits per heavy atom. The fourth-order valence-corrected chi connectivity index (χ4v) is 6.01. The predicted octanol–water partition coefficient (Wildman–Crippen LogP) is -0.958. The van der Waals surface area contributed by atoms with E-state index in [0.29, 0.717) is 17.7 Å². The van der Waals surface area contributed by atoms with Crippen LogP contribution in [0.15, 0.2) is 17.7 Å². The highest BCUT2D eigenvalue weighted by atomic mass is 16.3. The molecule has 0 aromatic heterocycles. The zero-order chi connectivity index (χ0) is 26.7. The van der Waals surface area contributed by atoms with Crippen LogP contribution >= 0.6 is 0 Å². The van der Waals surface area contributed by atoms with Crippen molar-refractivity contribution in [1.82, 2.24) is 9.80 Å². The molecule has 0 bridgehead atoms. The molecule has 0 spiro atoms. The summed E-state index contributed by atoms with van der Waals surface area (Å²) in [6.07, 6.45) is -1.23. The van der Waals surface area contributed by atoms with Gasteiger partial charge in [-0.1, -0.05) is 11.8 Å². The molecule has 6 atom stereocenters. The number of carbonyl (C=O) groups is 3. The number of ketones is 2. The quantitative estimate of drug-likeness (QED) is 0.261. The van der Waals surface area contributed by atoms with E-state index in [-0.39, 0.29) is 29.7 Å². The van der Waals surface area contributed by atoms with Gasteiger partial charge in [0.1, 0.15) is 17.4 Å². The van der Waals surface area contributed by atoms with Gasteiger partial charge in [-0.05, 0) is 64.6 Å². The number of carbonyl (C=O) groups excluding carboxylic acids is 3. The summed E-state index contributed by atoms with van der Waals surface area (Å²) in [6.45, 7) is 0.491. The molecule has 4 rings (SSSR count). The molecule has 0 radical (unpaired) electrons. The number of phenolic OH excluding ortho intramolecular Hbond substituents is 1. The van der Waals surface area contributed by atoms with Gasteiger partial charge in [0.05, 0.1) is 18.2 Å². The molecular weight excluding hydrogens is 466 g/mol. The summed E-state index contributed by atoms with van der Waals surface area (Å²) in [4.78, 5) is 42.6. The van der Waals surface area contributed by atoms with Gasteiger partial charge in [0.2, 0.25) is 11.7 Å². The van der Waals surface area contributed by atoms with E-state index >= 15 is 0 Å². The lowest BCUT2D eigenvalue weighted by Gasteiger charge is -2.53. The first-order valence-corrected chi connectivity index (χ1v) is 11.7. The first kappa shape index (κ1) is 25.9. The van der Waals surface area contributed by atoms with Gasteiger partial charge in [0, 0.05) is 23.1 Å². The highest BCUT2D eigenvalue weighted by Crippen LogP contribution is 2.52. The number of fused-ring (bicyclic) bond motifs is 3. The lowest BCUT2D eigenvalue weighted by atomic mass is 9.54. The Kier molecular flexibility index (Phi) is 6.47. The number of rotatable bonds is 3. The number of aliphatic hydroxyl groups is 3. The van der Waals surface area contributed by atoms with Gasteiger partial charge in [-0.2, -0.15) is 0 Å². The monoisotopic (exact) mass is 497 g/mol. The number of nitrogens with zero attached hydrogens (tertiary/aromatic N) is 2. The lowest BCUT2D eigenvalue weighted by Crippen LogP contribution is -2.73. The summed E-state index contributed by atoms with van der Waals surface area (Å²) in [5.41, 5.74) is 3.72. The number of hydrogen-bond acceptors (Lipinski definition) is 9. The first-order chi connectivity index (χ1) is 16.8. The summed E-state index contributed by atoms with van der Waals surface area (Å²) in [6, 6.07) is 2.08. The van der Waals surface area contributed by atoms with Gasteiger partial charge in [0.15, 0.2) is 11.4 Å². The molecule has 10 heteroatoms. The largest absolute Gasteiger partial charge is 0.507 e. The van der Waals surface area contributed by atoms with Crippen molar-refractivity contribution in [3.8, 4) is 17.6 Å². The Morgan fingerprint density at radius 1 is 1.19 bits per heavy atom. The normalized spacial score (nSPS) is 31.5. The Bertz CT molecular complexity index is 1240. The van der Waals surface area contributed by atoms with E-state index in [1.807, 2.05) is 19.0 Å². The fourth-order valence-electron chi connectivity index (χ4n) is 6.01. The molecule has 1 aromatic rings. The molecule has 1 amide bonds. The van der Waals surface area contributed by atoms with Crippen molar-refractivity contribution in [2.45, 2.75) is 30.6 Å². The number of amides is 1. The van der Waals surface area contributed by atoms with Gasteiger partial charge >= 0.3 is 0 Å². The van der Waals surface area contributed by atoms with Crippen molar-refractivity contribution in [2.24, 2.45) is 23.5 Å². The molecule has 10 nitrogen and oxygen atoms in total. The maximum Gasteiger partial charge on any atom is 0.230 e. The molecule has 192 valence electrons. The average molecular weight is 498 g/mol. The maximum absolute atomic E-state index is 13.8. The van der Waals surface area contributed by atoms with E-state index in [9.17, 15) is 34.8 Å². The fraction of sp³-hybridized carbons (Fsp3) is 0.500. The second-order valence-corrected chi connectivity index (χ2v) is 10.3. The summed E-state index contributed by atoms with van der Waals surface area (Å²) >= 11 is 0. The first-order valence-electron chi connectivity index (χ1n) is 11.7. The molecule has 4 unspecified atom stereocenters. The SMILES string of the molecule is CN(C)CC#Cc1ccc(O)c2c1CC1CC3[C@H](N(C)C)C(O)C(C(N)=O)C(=O)[C@@]3(O)C(=O)C1=C2O. The molecule has 36 heavy (non-hydrogen) atoms. The van der Waals surface area contributed by atoms with Gasteiger partial charge in [0.25, 0.3) is 0 Å². The number of phenols is 1. The minimum absolute atomic E-state index is 0.0345. The summed E-state index contributed by atoms with van der Waals surface area (Å²) in [7, 11) is 6.98. The average Bonchev–Trinajstić information content (AvgIpc) is 2.77. The van der Waals surface area contributed by atoms with E-state index in [1.54, 1.807) is 25.1 Å². The van der Waals surface area contributed by atoms with Crippen molar-refractivity contribution >= 4 is 23.2 Å². The third-order valence-corrected chi connectivity index (χ3v) is 7.59. The number of aromatic hydroxyl groups is 1. The Balaban J connectivity index is 1.89. The van der Waals surface area contributed by atoms with Crippen LogP contribution in [-0.4, -0.2) is 100 Å². The molecule has 3 aliphatic carbocycles. The third kappa shape index (κ3) is 3.71. The molecular formula is C26H31N3O7. The molecule has 1 aromatic carbocycles. The molecule has 6 N–H and O–H groups in total. The van der Waals surface area contributed by atoms with Crippen molar-refractivity contribution in [3.05, 3.63) is 34.4 Å². The molecule has 3 aliphatic rings. The van der Waals surface area contributed by atoms with Crippen molar-refractivity contribution < 1.29 is 34.8 Å². The van der Waals surface area contributed by atoms with Gasteiger partial charge in [-0.25, -0.2) is 0 Å². The maximum atomic E-state index is 13.8. The number of likely N-dealkylation sites (N-methyl/N-ethyl adjacent to an activating group) is 1. The van der Waals surface area contributed by atoms with E-state index in [1.165, 1.54) is 6.07 Å². The minimum Gasteiger partial charge on any atom is -0.507 e. The minimum atomic E-state index is -2.66. The van der Waals surface area contributed by atoms with E-state index in [2.05, 4.69) is 11.8 Å². The second kappa shape index (κ2) is 9.01. The highest BCUT2D eigenvalue weighted by Gasteiger charge is 2.67. The predicted molar refractivity (Wildman–Crippen MR) is 130 cm³/mol. The standard InChI is InChI=1S/C26H31N3O7/c1-28(2)9-5-6-12-7-8-16(30)18-14(12)10-13-11-15-20(29(3)4)22(32)19(25(27)35)24(34)26(15,36)23(33)17(13)21(18)31/h7-8,13,15,19-20,22,30-32,36H,9-11H2,1-4H3,(H2,27,35)/t13?,15?,19?,20-,22?,26-/m0/s1. The van der Waals surface area contributed by atoms with Crippen molar-refractivity contribution in [2.75, 3.05) is 34.7 Å². The van der Waals surface area contributed by atoms with Gasteiger partial charge < -0.3 is 31.1 Å². The highest BCUT2D eigenvalue weighted by molar-refractivity contribution is 6.25. The third-order valence-electron chi connectivity index (χ3n) is 7.59. The number of aliphatic hydroxyl groups excluding tert-OH is 2. The van der Waals surface area contributed by atoms with Gasteiger partial charge in [-0.3, -0.25) is 19.3 Å². The summed E-state index contributed by atoms with van der Waals surface area (Å²) in [5, 5.41) is 44.3.